The van der Waals surface area contributed by atoms with E-state index in [9.17, 15) is 26.7 Å². The molecule has 43 heavy (non-hydrogen) atoms. The number of halogens is 6. The van der Waals surface area contributed by atoms with E-state index < -0.39 is 40.3 Å². The lowest BCUT2D eigenvalue weighted by Crippen LogP contribution is -2.31. The maximum absolute atomic E-state index is 14.3. The Labute approximate surface area is 251 Å². The molecule has 0 unspecified atom stereocenters. The maximum Gasteiger partial charge on any atom is 0.417 e. The van der Waals surface area contributed by atoms with Gasteiger partial charge in [0.05, 0.1) is 23.6 Å². The molecule has 4 rings (SSSR count). The summed E-state index contributed by atoms with van der Waals surface area (Å²) in [5, 5.41) is 8.64. The summed E-state index contributed by atoms with van der Waals surface area (Å²) in [6.07, 6.45) is -4.34. The first kappa shape index (κ1) is 32.0. The summed E-state index contributed by atoms with van der Waals surface area (Å²) in [6, 6.07) is 22.3. The summed E-state index contributed by atoms with van der Waals surface area (Å²) in [4.78, 5) is 12.9. The molecule has 0 bridgehead atoms. The molecular formula is C33H29ClF5NO3. The summed E-state index contributed by atoms with van der Waals surface area (Å²) >= 11 is 6.23. The second kappa shape index (κ2) is 14.5. The van der Waals surface area contributed by atoms with Crippen molar-refractivity contribution in [2.24, 2.45) is 0 Å². The first-order valence-electron chi connectivity index (χ1n) is 13.5. The van der Waals surface area contributed by atoms with Crippen LogP contribution >= 0.6 is 11.6 Å². The molecule has 0 aliphatic heterocycles. The van der Waals surface area contributed by atoms with Crippen LogP contribution in [0.25, 0.3) is 0 Å². The van der Waals surface area contributed by atoms with Crippen LogP contribution < -0.4 is 4.74 Å². The van der Waals surface area contributed by atoms with Gasteiger partial charge in [0, 0.05) is 25.6 Å². The van der Waals surface area contributed by atoms with Crippen LogP contribution in [0.4, 0.5) is 22.0 Å². The number of rotatable bonds is 13. The van der Waals surface area contributed by atoms with Crippen molar-refractivity contribution in [1.82, 2.24) is 4.90 Å². The van der Waals surface area contributed by atoms with Crippen molar-refractivity contribution < 1.29 is 36.6 Å². The first-order chi connectivity index (χ1) is 20.5. The van der Waals surface area contributed by atoms with Gasteiger partial charge in [0.15, 0.2) is 0 Å². The summed E-state index contributed by atoms with van der Waals surface area (Å²) in [7, 11) is 0. The zero-order chi connectivity index (χ0) is 31.0. The van der Waals surface area contributed by atoms with Crippen LogP contribution in [0, 0.1) is 11.6 Å². The minimum Gasteiger partial charge on any atom is -0.494 e. The summed E-state index contributed by atoms with van der Waals surface area (Å²) in [5.74, 6) is -1.92. The normalized spacial score (nSPS) is 11.7. The molecule has 0 spiro atoms. The molecule has 0 aliphatic rings. The van der Waals surface area contributed by atoms with Crippen LogP contribution in [-0.2, 0) is 23.9 Å². The fourth-order valence-corrected chi connectivity index (χ4v) is 5.20. The number of ether oxygens (including phenoxy) is 1. The number of nitrogens with zero attached hydrogens (tertiary/aromatic N) is 1. The number of hydrogen-bond donors (Lipinski definition) is 1. The Hall–Kier alpha value is -3.95. The van der Waals surface area contributed by atoms with E-state index in [4.69, 9.17) is 21.4 Å². The highest BCUT2D eigenvalue weighted by atomic mass is 35.5. The molecule has 0 saturated carbocycles. The van der Waals surface area contributed by atoms with Gasteiger partial charge in [-0.05, 0) is 71.1 Å². The molecule has 4 aromatic rings. The number of alkyl halides is 3. The predicted octanol–water partition coefficient (Wildman–Crippen LogP) is 8.37. The van der Waals surface area contributed by atoms with Crippen LogP contribution in [-0.4, -0.2) is 35.7 Å². The second-order valence-corrected chi connectivity index (χ2v) is 10.5. The lowest BCUT2D eigenvalue weighted by molar-refractivity contribution is -0.138. The van der Waals surface area contributed by atoms with Crippen LogP contribution in [0.3, 0.4) is 0 Å². The van der Waals surface area contributed by atoms with E-state index in [-0.39, 0.29) is 31.7 Å². The maximum atomic E-state index is 14.3. The highest BCUT2D eigenvalue weighted by Gasteiger charge is 2.34. The molecular weight excluding hydrogens is 589 g/mol. The monoisotopic (exact) mass is 617 g/mol. The van der Waals surface area contributed by atoms with E-state index in [0.29, 0.717) is 35.4 Å². The molecule has 0 aromatic heterocycles. The number of aliphatic carboxylic acids is 1. The van der Waals surface area contributed by atoms with Crippen molar-refractivity contribution in [2.45, 2.75) is 31.5 Å². The van der Waals surface area contributed by atoms with Gasteiger partial charge in [-0.1, -0.05) is 60.1 Å². The fraction of sp³-hybridized carbons (Fsp3) is 0.242. The minimum atomic E-state index is -4.63. The number of carbonyl (C=O) groups is 1. The third kappa shape index (κ3) is 9.27. The second-order valence-electron chi connectivity index (χ2n) is 10.1. The Morgan fingerprint density at radius 3 is 2.12 bits per heavy atom. The van der Waals surface area contributed by atoms with Crippen LogP contribution in [0.1, 0.15) is 40.2 Å². The van der Waals surface area contributed by atoms with E-state index in [2.05, 4.69) is 0 Å². The average Bonchev–Trinajstić information content (AvgIpc) is 2.94. The number of carboxylic acid groups (broad SMARTS) is 1. The predicted molar refractivity (Wildman–Crippen MR) is 154 cm³/mol. The third-order valence-corrected chi connectivity index (χ3v) is 7.31. The number of hydrogen-bond acceptors (Lipinski definition) is 3. The molecule has 0 saturated heterocycles. The summed E-state index contributed by atoms with van der Waals surface area (Å²) in [6.45, 7) is 0.835. The van der Waals surface area contributed by atoms with Gasteiger partial charge in [-0.2, -0.15) is 13.2 Å². The van der Waals surface area contributed by atoms with Gasteiger partial charge in [0.1, 0.15) is 17.4 Å². The zero-order valence-electron chi connectivity index (χ0n) is 23.0. The molecule has 0 amide bonds. The van der Waals surface area contributed by atoms with Crippen molar-refractivity contribution in [3.05, 3.63) is 135 Å². The highest BCUT2D eigenvalue weighted by Crippen LogP contribution is 2.37. The molecule has 0 radical (unpaired) electrons. The van der Waals surface area contributed by atoms with Crippen LogP contribution in [0.2, 0.25) is 5.02 Å². The Morgan fingerprint density at radius 2 is 1.51 bits per heavy atom. The van der Waals surface area contributed by atoms with E-state index in [0.717, 1.165) is 6.07 Å². The van der Waals surface area contributed by atoms with E-state index in [1.165, 1.54) is 36.4 Å². The van der Waals surface area contributed by atoms with Gasteiger partial charge < -0.3 is 9.84 Å². The Bertz CT molecular complexity index is 1500. The molecule has 4 nitrogen and oxygen atoms in total. The lowest BCUT2D eigenvalue weighted by Gasteiger charge is -2.29. The van der Waals surface area contributed by atoms with Gasteiger partial charge in [-0.15, -0.1) is 0 Å². The van der Waals surface area contributed by atoms with Gasteiger partial charge >= 0.3 is 12.1 Å². The molecule has 0 aliphatic carbocycles. The van der Waals surface area contributed by atoms with Crippen molar-refractivity contribution >= 4 is 17.6 Å². The van der Waals surface area contributed by atoms with E-state index >= 15 is 0 Å². The molecule has 226 valence electrons. The smallest absolute Gasteiger partial charge is 0.417 e. The Morgan fingerprint density at radius 1 is 0.884 bits per heavy atom. The topological polar surface area (TPSA) is 49.8 Å². The first-order valence-corrected chi connectivity index (χ1v) is 13.9. The zero-order valence-corrected chi connectivity index (χ0v) is 23.7. The SMILES string of the molecule is O=C(O)Cc1cccc(OCCCN(Cc2cccc(C(F)(F)F)c2Cl)CC(c2cccc(F)c2)c2cccc(F)c2)c1. The molecule has 0 fully saturated rings. The third-order valence-electron chi connectivity index (χ3n) is 6.86. The Kier molecular flexibility index (Phi) is 10.8. The average molecular weight is 618 g/mol. The number of benzene rings is 4. The van der Waals surface area contributed by atoms with Crippen molar-refractivity contribution in [2.75, 3.05) is 19.7 Å². The van der Waals surface area contributed by atoms with Crippen molar-refractivity contribution in [1.29, 1.82) is 0 Å². The van der Waals surface area contributed by atoms with Crippen molar-refractivity contribution in [3.8, 4) is 5.75 Å². The van der Waals surface area contributed by atoms with Crippen LogP contribution in [0.15, 0.2) is 91.0 Å². The molecule has 10 heteroatoms. The standard InChI is InChI=1S/C33H29ClF5NO3/c34-32-25(9-4-13-30(32)33(37,38)39)20-40(14-5-15-43-28-12-1-6-22(16-28)17-31(41)42)21-29(23-7-2-10-26(35)18-23)24-8-3-11-27(36)19-24/h1-4,6-13,16,18-19,29H,5,14-15,17,20-21H2,(H,41,42). The quantitative estimate of drug-likeness (QED) is 0.121. The van der Waals surface area contributed by atoms with E-state index in [1.54, 1.807) is 48.5 Å². The largest absolute Gasteiger partial charge is 0.494 e. The van der Waals surface area contributed by atoms with E-state index in [1.807, 2.05) is 4.90 Å². The molecule has 0 heterocycles. The van der Waals surface area contributed by atoms with Gasteiger partial charge in [0.25, 0.3) is 0 Å². The summed E-state index contributed by atoms with van der Waals surface area (Å²) < 4.78 is 75.1. The lowest BCUT2D eigenvalue weighted by atomic mass is 9.90. The van der Waals surface area contributed by atoms with Crippen molar-refractivity contribution in [3.63, 3.8) is 0 Å². The molecule has 0 atom stereocenters. The van der Waals surface area contributed by atoms with Gasteiger partial charge in [-0.25, -0.2) is 8.78 Å². The van der Waals surface area contributed by atoms with Gasteiger partial charge in [-0.3, -0.25) is 9.69 Å². The highest BCUT2D eigenvalue weighted by molar-refractivity contribution is 6.32. The minimum absolute atomic E-state index is 0.0397. The molecule has 1 N–H and O–H groups in total. The van der Waals surface area contributed by atoms with Gasteiger partial charge in [0.2, 0.25) is 0 Å². The summed E-state index contributed by atoms with van der Waals surface area (Å²) in [5.41, 5.74) is 1.06. The number of carboxylic acids is 1. The molecule has 4 aromatic carbocycles. The fourth-order valence-electron chi connectivity index (χ4n) is 4.90. The Balaban J connectivity index is 1.59. The van der Waals surface area contributed by atoms with Crippen LogP contribution in [0.5, 0.6) is 5.75 Å².